The molecule has 6 nitrogen and oxygen atoms in total. The predicted molar refractivity (Wildman–Crippen MR) is 67.7 cm³/mol. The molecule has 2 N–H and O–H groups in total. The van der Waals surface area contributed by atoms with Gasteiger partial charge in [-0.15, -0.1) is 11.3 Å². The van der Waals surface area contributed by atoms with Crippen molar-refractivity contribution in [3.05, 3.63) is 17.3 Å². The molecule has 0 unspecified atom stereocenters. The van der Waals surface area contributed by atoms with Crippen LogP contribution in [0.1, 0.15) is 26.6 Å². The summed E-state index contributed by atoms with van der Waals surface area (Å²) in [6.45, 7) is 5.82. The summed E-state index contributed by atoms with van der Waals surface area (Å²) >= 11 is 1.03. The molecular formula is C10H13N3O3S2. The van der Waals surface area contributed by atoms with Crippen molar-refractivity contribution >= 4 is 21.4 Å². The normalized spacial score (nSPS) is 12.9. The van der Waals surface area contributed by atoms with E-state index in [-0.39, 0.29) is 15.5 Å². The van der Waals surface area contributed by atoms with Gasteiger partial charge in [-0.3, -0.25) is 0 Å². The van der Waals surface area contributed by atoms with Gasteiger partial charge in [-0.05, 0) is 11.4 Å². The fourth-order valence-corrected chi connectivity index (χ4v) is 3.09. The molecular weight excluding hydrogens is 274 g/mol. The summed E-state index contributed by atoms with van der Waals surface area (Å²) in [5.74, 6) is 0.689. The first-order valence-electron chi connectivity index (χ1n) is 5.14. The smallest absolute Gasteiger partial charge is 0.260 e. The first-order chi connectivity index (χ1) is 8.19. The maximum atomic E-state index is 11.4. The van der Waals surface area contributed by atoms with Gasteiger partial charge in [0.15, 0.2) is 5.82 Å². The van der Waals surface area contributed by atoms with Crippen LogP contribution in [-0.4, -0.2) is 18.6 Å². The van der Waals surface area contributed by atoms with Gasteiger partial charge in [0, 0.05) is 5.41 Å². The predicted octanol–water partition coefficient (Wildman–Crippen LogP) is 1.74. The van der Waals surface area contributed by atoms with Crippen LogP contribution in [0.4, 0.5) is 0 Å². The zero-order valence-electron chi connectivity index (χ0n) is 10.2. The molecule has 18 heavy (non-hydrogen) atoms. The maximum Gasteiger partial charge on any atom is 0.260 e. The molecule has 2 aromatic rings. The highest BCUT2D eigenvalue weighted by molar-refractivity contribution is 7.91. The molecule has 0 amide bonds. The van der Waals surface area contributed by atoms with E-state index in [0.717, 1.165) is 11.3 Å². The van der Waals surface area contributed by atoms with Crippen LogP contribution in [-0.2, 0) is 15.4 Å². The first kappa shape index (κ1) is 13.2. The zero-order valence-corrected chi connectivity index (χ0v) is 11.8. The van der Waals surface area contributed by atoms with Crippen molar-refractivity contribution in [3.8, 4) is 11.5 Å². The highest BCUT2D eigenvalue weighted by atomic mass is 32.2. The molecule has 2 heterocycles. The number of nitrogens with zero attached hydrogens (tertiary/aromatic N) is 2. The monoisotopic (exact) mass is 287 g/mol. The van der Waals surface area contributed by atoms with E-state index in [0.29, 0.717) is 11.4 Å². The van der Waals surface area contributed by atoms with Crippen molar-refractivity contribution in [1.82, 2.24) is 10.1 Å². The average molecular weight is 287 g/mol. The quantitative estimate of drug-likeness (QED) is 0.907. The highest BCUT2D eigenvalue weighted by Crippen LogP contribution is 2.31. The standard InChI is InChI=1S/C10H13N3O3S2/c1-10(2,3)9-12-7(16-13-9)6-4-5-17-8(6)18(11,14)15/h4-5H,1-3H3,(H2,11,14,15). The number of aromatic nitrogens is 2. The molecule has 8 heteroatoms. The summed E-state index contributed by atoms with van der Waals surface area (Å²) in [7, 11) is -3.77. The molecule has 0 aliphatic heterocycles. The Kier molecular flexibility index (Phi) is 3.04. The van der Waals surface area contributed by atoms with Gasteiger partial charge < -0.3 is 4.52 Å². The third-order valence-corrected chi connectivity index (χ3v) is 4.64. The summed E-state index contributed by atoms with van der Waals surface area (Å²) in [5.41, 5.74) is 0.0880. The molecule has 0 atom stereocenters. The van der Waals surface area contributed by atoms with Crippen molar-refractivity contribution < 1.29 is 12.9 Å². The molecule has 0 bridgehead atoms. The van der Waals surface area contributed by atoms with E-state index in [9.17, 15) is 8.42 Å². The Hall–Kier alpha value is -1.25. The second-order valence-electron chi connectivity index (χ2n) is 4.84. The topological polar surface area (TPSA) is 99.1 Å². The van der Waals surface area contributed by atoms with Crippen molar-refractivity contribution in [2.75, 3.05) is 0 Å². The minimum absolute atomic E-state index is 0.0339. The SMILES string of the molecule is CC(C)(C)c1noc(-c2ccsc2S(N)(=O)=O)n1. The van der Waals surface area contributed by atoms with E-state index in [1.807, 2.05) is 20.8 Å². The third kappa shape index (κ3) is 2.45. The Labute approximate surface area is 109 Å². The lowest BCUT2D eigenvalue weighted by Crippen LogP contribution is -2.13. The number of hydrogen-bond acceptors (Lipinski definition) is 6. The van der Waals surface area contributed by atoms with Gasteiger partial charge in [-0.25, -0.2) is 13.6 Å². The lowest BCUT2D eigenvalue weighted by atomic mass is 9.96. The second-order valence-corrected chi connectivity index (χ2v) is 7.51. The van der Waals surface area contributed by atoms with E-state index in [1.165, 1.54) is 0 Å². The highest BCUT2D eigenvalue weighted by Gasteiger charge is 2.25. The summed E-state index contributed by atoms with van der Waals surface area (Å²) in [5, 5.41) is 10.6. The van der Waals surface area contributed by atoms with Crippen molar-refractivity contribution in [2.24, 2.45) is 5.14 Å². The number of hydrogen-bond donors (Lipinski definition) is 1. The Morgan fingerprint density at radius 3 is 2.56 bits per heavy atom. The maximum absolute atomic E-state index is 11.4. The van der Waals surface area contributed by atoms with E-state index in [2.05, 4.69) is 10.1 Å². The van der Waals surface area contributed by atoms with Crippen LogP contribution in [0.2, 0.25) is 0 Å². The van der Waals surface area contributed by atoms with Gasteiger partial charge in [0.1, 0.15) is 4.21 Å². The number of primary sulfonamides is 1. The molecule has 0 aromatic carbocycles. The van der Waals surface area contributed by atoms with Crippen molar-refractivity contribution in [2.45, 2.75) is 30.4 Å². The van der Waals surface area contributed by atoms with Gasteiger partial charge in [0.05, 0.1) is 5.56 Å². The lowest BCUT2D eigenvalue weighted by Gasteiger charge is -2.10. The van der Waals surface area contributed by atoms with Crippen molar-refractivity contribution in [1.29, 1.82) is 0 Å². The fourth-order valence-electron chi connectivity index (χ4n) is 1.31. The molecule has 2 rings (SSSR count). The van der Waals surface area contributed by atoms with Crippen LogP contribution in [0.25, 0.3) is 11.5 Å². The molecule has 98 valence electrons. The van der Waals surface area contributed by atoms with Crippen LogP contribution < -0.4 is 5.14 Å². The molecule has 0 saturated carbocycles. The largest absolute Gasteiger partial charge is 0.334 e. The Morgan fingerprint density at radius 2 is 2.06 bits per heavy atom. The molecule has 0 aliphatic carbocycles. The molecule has 0 aliphatic rings. The lowest BCUT2D eigenvalue weighted by molar-refractivity contribution is 0.402. The summed E-state index contributed by atoms with van der Waals surface area (Å²) in [6.07, 6.45) is 0. The molecule has 0 radical (unpaired) electrons. The Bertz CT molecular complexity index is 665. The third-order valence-electron chi connectivity index (χ3n) is 2.22. The van der Waals surface area contributed by atoms with E-state index < -0.39 is 10.0 Å². The van der Waals surface area contributed by atoms with Crippen LogP contribution >= 0.6 is 11.3 Å². The molecule has 0 saturated heterocycles. The Morgan fingerprint density at radius 1 is 1.39 bits per heavy atom. The van der Waals surface area contributed by atoms with Gasteiger partial charge in [0.2, 0.25) is 10.0 Å². The van der Waals surface area contributed by atoms with Crippen LogP contribution in [0.15, 0.2) is 20.2 Å². The van der Waals surface area contributed by atoms with Crippen LogP contribution in [0.5, 0.6) is 0 Å². The van der Waals surface area contributed by atoms with Crippen molar-refractivity contribution in [3.63, 3.8) is 0 Å². The fraction of sp³-hybridized carbons (Fsp3) is 0.400. The molecule has 0 spiro atoms. The van der Waals surface area contributed by atoms with Gasteiger partial charge in [-0.2, -0.15) is 4.98 Å². The van der Waals surface area contributed by atoms with Crippen LogP contribution in [0, 0.1) is 0 Å². The first-order valence-corrected chi connectivity index (χ1v) is 7.57. The van der Waals surface area contributed by atoms with Gasteiger partial charge >= 0.3 is 0 Å². The second kappa shape index (κ2) is 4.15. The minimum Gasteiger partial charge on any atom is -0.334 e. The summed E-state index contributed by atoms with van der Waals surface area (Å²) in [4.78, 5) is 4.21. The minimum atomic E-state index is -3.77. The zero-order chi connectivity index (χ0) is 13.6. The van der Waals surface area contributed by atoms with Crippen LogP contribution in [0.3, 0.4) is 0 Å². The Balaban J connectivity index is 2.51. The van der Waals surface area contributed by atoms with Gasteiger partial charge in [-0.1, -0.05) is 25.9 Å². The van der Waals surface area contributed by atoms with E-state index >= 15 is 0 Å². The molecule has 2 aromatic heterocycles. The molecule has 0 fully saturated rings. The number of rotatable bonds is 2. The summed E-state index contributed by atoms with van der Waals surface area (Å²) < 4.78 is 27.9. The number of thiophene rings is 1. The summed E-state index contributed by atoms with van der Waals surface area (Å²) in [6, 6.07) is 1.60. The average Bonchev–Trinajstić information content (AvgIpc) is 2.84. The van der Waals surface area contributed by atoms with E-state index in [1.54, 1.807) is 11.4 Å². The number of nitrogens with two attached hydrogens (primary N) is 1. The number of sulfonamides is 1. The van der Waals surface area contributed by atoms with Gasteiger partial charge in [0.25, 0.3) is 5.89 Å². The van der Waals surface area contributed by atoms with E-state index in [4.69, 9.17) is 9.66 Å².